The molecule has 2 aliphatic heterocycles. The highest BCUT2D eigenvalue weighted by Gasteiger charge is 2.44. The topological polar surface area (TPSA) is 126 Å². The van der Waals surface area contributed by atoms with Crippen LogP contribution >= 0.6 is 0 Å². The van der Waals surface area contributed by atoms with Crippen molar-refractivity contribution in [3.8, 4) is 0 Å². The summed E-state index contributed by atoms with van der Waals surface area (Å²) in [6.07, 6.45) is -2.26. The van der Waals surface area contributed by atoms with Crippen molar-refractivity contribution in [3.05, 3.63) is 6.42 Å². The van der Waals surface area contributed by atoms with Gasteiger partial charge in [-0.3, -0.25) is 9.59 Å². The lowest BCUT2D eigenvalue weighted by Crippen LogP contribution is -2.56. The summed E-state index contributed by atoms with van der Waals surface area (Å²) in [4.78, 5) is 28.0. The van der Waals surface area contributed by atoms with E-state index >= 15 is 0 Å². The molecule has 2 aliphatic rings. The molecule has 215 valence electrons. The van der Waals surface area contributed by atoms with Gasteiger partial charge in [-0.2, -0.15) is 0 Å². The van der Waals surface area contributed by atoms with Gasteiger partial charge in [-0.25, -0.2) is 0 Å². The number of ether oxygens (including phenoxy) is 3. The molecular weight excluding hydrogens is 478 g/mol. The third-order valence-corrected chi connectivity index (χ3v) is 8.52. The maximum Gasteiger partial charge on any atom is 0.311 e. The van der Waals surface area contributed by atoms with Crippen LogP contribution in [0.5, 0.6) is 0 Å². The van der Waals surface area contributed by atoms with Gasteiger partial charge in [0.2, 0.25) is 0 Å². The minimum Gasteiger partial charge on any atom is -0.462 e. The van der Waals surface area contributed by atoms with E-state index in [1.807, 2.05) is 39.8 Å². The number of carbonyl (C=O) groups is 2. The van der Waals surface area contributed by atoms with Crippen molar-refractivity contribution in [2.75, 3.05) is 14.1 Å². The highest BCUT2D eigenvalue weighted by molar-refractivity contribution is 5.89. The average Bonchev–Trinajstić information content (AvgIpc) is 2.86. The fraction of sp³-hybridized carbons (Fsp3) is 0.893. The van der Waals surface area contributed by atoms with Crippen molar-refractivity contribution in [2.45, 2.75) is 117 Å². The summed E-state index contributed by atoms with van der Waals surface area (Å²) in [5.74, 6) is -3.50. The number of cyclic esters (lactones) is 1. The zero-order valence-electron chi connectivity index (χ0n) is 24.0. The maximum atomic E-state index is 13.1. The normalized spacial score (nSPS) is 45.4. The first-order valence-electron chi connectivity index (χ1n) is 13.8. The van der Waals surface area contributed by atoms with Gasteiger partial charge in [0.05, 0.1) is 30.3 Å². The van der Waals surface area contributed by atoms with E-state index in [0.29, 0.717) is 19.3 Å². The Morgan fingerprint density at radius 2 is 1.54 bits per heavy atom. The van der Waals surface area contributed by atoms with Gasteiger partial charge in [-0.05, 0) is 53.1 Å². The van der Waals surface area contributed by atoms with Crippen LogP contribution in [-0.2, 0) is 23.8 Å². The number of hydrogen-bond acceptors (Lipinski definition) is 9. The van der Waals surface area contributed by atoms with Gasteiger partial charge < -0.3 is 34.4 Å². The zero-order chi connectivity index (χ0) is 28.2. The highest BCUT2D eigenvalue weighted by atomic mass is 16.7. The molecule has 0 spiro atoms. The van der Waals surface area contributed by atoms with Crippen LogP contribution in [-0.4, -0.2) is 95.0 Å². The second-order valence-electron chi connectivity index (χ2n) is 11.7. The van der Waals surface area contributed by atoms with Gasteiger partial charge in [0, 0.05) is 30.2 Å². The molecule has 0 aromatic rings. The second-order valence-corrected chi connectivity index (χ2v) is 11.7. The van der Waals surface area contributed by atoms with Crippen molar-refractivity contribution in [1.29, 1.82) is 0 Å². The van der Waals surface area contributed by atoms with Crippen molar-refractivity contribution in [1.82, 2.24) is 4.90 Å². The number of hydrogen-bond donors (Lipinski definition) is 3. The summed E-state index contributed by atoms with van der Waals surface area (Å²) in [7, 11) is 3.79. The number of aliphatic hydroxyl groups is 3. The maximum absolute atomic E-state index is 13.1. The minimum atomic E-state index is -1.10. The van der Waals surface area contributed by atoms with E-state index in [0.717, 1.165) is 0 Å². The molecular formula is C28H50NO8. The Balaban J connectivity index is 2.37. The molecule has 37 heavy (non-hydrogen) atoms. The van der Waals surface area contributed by atoms with Crippen LogP contribution in [0.1, 0.15) is 67.7 Å². The number of nitrogens with zero attached hydrogens (tertiary/aromatic N) is 1. The minimum absolute atomic E-state index is 0.146. The number of rotatable bonds is 4. The lowest BCUT2D eigenvalue weighted by atomic mass is 9.80. The first-order valence-corrected chi connectivity index (χ1v) is 13.8. The third-order valence-electron chi connectivity index (χ3n) is 8.52. The van der Waals surface area contributed by atoms with E-state index in [9.17, 15) is 24.9 Å². The summed E-state index contributed by atoms with van der Waals surface area (Å²) in [6.45, 7) is 12.6. The molecule has 0 aromatic heterocycles. The smallest absolute Gasteiger partial charge is 0.311 e. The van der Waals surface area contributed by atoms with Gasteiger partial charge in [0.25, 0.3) is 0 Å². The van der Waals surface area contributed by atoms with Crippen LogP contribution in [0.3, 0.4) is 0 Å². The van der Waals surface area contributed by atoms with E-state index in [2.05, 4.69) is 0 Å². The summed E-state index contributed by atoms with van der Waals surface area (Å²) in [5.41, 5.74) is 0. The van der Waals surface area contributed by atoms with Crippen molar-refractivity contribution < 1.29 is 39.1 Å². The standard InChI is InChI=1S/C28H50NO8/c1-10-22-17(5)23(31)16(4)21(30)12-11-14(2)26(18(6)24(32)19(7)27(34)36-22)37-28-25(33)20(29(8)9)13-15(3)35-28/h12,14-20,22-26,28,31-33H,10-11,13H2,1-9H3/t14-,15?,16-,17-,18-,19+,20?,22+,23+,24-,25?,26-,28?/m0/s1. The fourth-order valence-electron chi connectivity index (χ4n) is 5.66. The molecule has 2 rings (SSSR count). The van der Waals surface area contributed by atoms with Gasteiger partial charge in [-0.15, -0.1) is 0 Å². The Morgan fingerprint density at radius 1 is 0.946 bits per heavy atom. The summed E-state index contributed by atoms with van der Waals surface area (Å²) < 4.78 is 18.1. The predicted molar refractivity (Wildman–Crippen MR) is 139 cm³/mol. The van der Waals surface area contributed by atoms with Crippen LogP contribution in [0, 0.1) is 36.0 Å². The molecule has 2 saturated heterocycles. The molecule has 3 N–H and O–H groups in total. The first-order chi connectivity index (χ1) is 17.2. The molecule has 2 heterocycles. The quantitative estimate of drug-likeness (QED) is 0.471. The van der Waals surface area contributed by atoms with Crippen LogP contribution in [0.4, 0.5) is 0 Å². The molecule has 9 heteroatoms. The molecule has 0 saturated carbocycles. The fourth-order valence-corrected chi connectivity index (χ4v) is 5.66. The number of Topliss-reactive ketones (excluding diaryl/α,β-unsaturated/α-hetero) is 1. The molecule has 0 amide bonds. The molecule has 2 fully saturated rings. The van der Waals surface area contributed by atoms with E-state index in [-0.39, 0.29) is 23.8 Å². The average molecular weight is 529 g/mol. The summed E-state index contributed by atoms with van der Waals surface area (Å²) in [6, 6.07) is -0.167. The monoisotopic (exact) mass is 528 g/mol. The van der Waals surface area contributed by atoms with E-state index in [1.54, 1.807) is 34.1 Å². The largest absolute Gasteiger partial charge is 0.462 e. The summed E-state index contributed by atoms with van der Waals surface area (Å²) in [5, 5.41) is 33.2. The molecule has 0 aromatic carbocycles. The van der Waals surface area contributed by atoms with Crippen LogP contribution in [0.25, 0.3) is 0 Å². The second kappa shape index (κ2) is 13.8. The Bertz CT molecular complexity index is 748. The van der Waals surface area contributed by atoms with E-state index in [4.69, 9.17) is 14.2 Å². The molecule has 4 unspecified atom stereocenters. The number of carbonyl (C=O) groups excluding carboxylic acids is 2. The van der Waals surface area contributed by atoms with Crippen LogP contribution in [0.15, 0.2) is 0 Å². The van der Waals surface area contributed by atoms with Crippen molar-refractivity contribution in [3.63, 3.8) is 0 Å². The highest BCUT2D eigenvalue weighted by Crippen LogP contribution is 2.33. The predicted octanol–water partition coefficient (Wildman–Crippen LogP) is 2.20. The molecule has 13 atom stereocenters. The summed E-state index contributed by atoms with van der Waals surface area (Å²) >= 11 is 0. The lowest BCUT2D eigenvalue weighted by molar-refractivity contribution is -0.282. The van der Waals surface area contributed by atoms with Gasteiger partial charge in [0.1, 0.15) is 18.0 Å². The van der Waals surface area contributed by atoms with Crippen molar-refractivity contribution in [2.24, 2.45) is 29.6 Å². The zero-order valence-corrected chi connectivity index (χ0v) is 24.0. The SMILES string of the molecule is CC[C@H]1OC(=O)[C@H](C)[C@@H](O)[C@H](C)[C@@H](OC2OC(C)CC(N(C)C)C2O)[C@@H](C)C[CH]C(=O)[C@H](C)[C@@H](O)[C@H]1C. The number of aliphatic hydroxyl groups excluding tert-OH is 3. The Labute approximate surface area is 222 Å². The number of esters is 1. The van der Waals surface area contributed by atoms with Gasteiger partial charge in [-0.1, -0.05) is 34.6 Å². The first kappa shape index (κ1) is 32.1. The third kappa shape index (κ3) is 7.73. The van der Waals surface area contributed by atoms with Crippen LogP contribution in [0.2, 0.25) is 0 Å². The van der Waals surface area contributed by atoms with Gasteiger partial charge in [0.15, 0.2) is 6.29 Å². The Kier molecular flexibility index (Phi) is 12.0. The molecule has 0 bridgehead atoms. The van der Waals surface area contributed by atoms with Crippen LogP contribution < -0.4 is 0 Å². The Morgan fingerprint density at radius 3 is 2.11 bits per heavy atom. The number of ketones is 1. The lowest BCUT2D eigenvalue weighted by Gasteiger charge is -2.44. The Hall–Kier alpha value is -1.10. The molecule has 9 nitrogen and oxygen atoms in total. The van der Waals surface area contributed by atoms with Crippen molar-refractivity contribution >= 4 is 11.8 Å². The van der Waals surface area contributed by atoms with E-state index in [1.165, 1.54) is 0 Å². The molecule has 1 radical (unpaired) electrons. The number of likely N-dealkylation sites (N-methyl/N-ethyl adjacent to an activating group) is 1. The van der Waals surface area contributed by atoms with E-state index < -0.39 is 66.5 Å². The van der Waals surface area contributed by atoms with Gasteiger partial charge >= 0.3 is 5.97 Å². The molecule has 0 aliphatic carbocycles.